The van der Waals surface area contributed by atoms with E-state index >= 15 is 0 Å². The van der Waals surface area contributed by atoms with Crippen molar-refractivity contribution in [3.8, 4) is 5.75 Å². The van der Waals surface area contributed by atoms with E-state index in [1.807, 2.05) is 0 Å². The minimum absolute atomic E-state index is 0.00171. The normalized spacial score (nSPS) is 19.5. The van der Waals surface area contributed by atoms with Crippen LogP contribution < -0.4 is 4.74 Å². The van der Waals surface area contributed by atoms with E-state index in [9.17, 15) is 26.7 Å². The molecule has 0 saturated heterocycles. The molecule has 4 nitrogen and oxygen atoms in total. The summed E-state index contributed by atoms with van der Waals surface area (Å²) < 4.78 is 69.5. The third-order valence-electron chi connectivity index (χ3n) is 2.94. The fraction of sp³-hybridized carbons (Fsp3) is 0.500. The van der Waals surface area contributed by atoms with Crippen LogP contribution in [0.25, 0.3) is 0 Å². The minimum atomic E-state index is -5.15. The van der Waals surface area contributed by atoms with Gasteiger partial charge in [-0.1, -0.05) is 0 Å². The van der Waals surface area contributed by atoms with Crippen LogP contribution in [-0.2, 0) is 11.3 Å². The maximum Gasteiger partial charge on any atom is 0.471 e. The maximum absolute atomic E-state index is 13.5. The minimum Gasteiger partial charge on any atom is -0.480 e. The highest BCUT2D eigenvalue weighted by Gasteiger charge is 2.47. The lowest BCUT2D eigenvalue weighted by Gasteiger charge is -2.27. The van der Waals surface area contributed by atoms with E-state index in [-0.39, 0.29) is 16.3 Å². The number of halogens is 5. The topological polar surface area (TPSA) is 42.4 Å². The summed E-state index contributed by atoms with van der Waals surface area (Å²) in [6.07, 6.45) is -5.75. The third kappa shape index (κ3) is 3.40. The highest BCUT2D eigenvalue weighted by Crippen LogP contribution is 2.31. The second-order valence-electron chi connectivity index (χ2n) is 4.69. The summed E-state index contributed by atoms with van der Waals surface area (Å²) in [5, 5.41) is 0. The fourth-order valence-electron chi connectivity index (χ4n) is 1.88. The number of alkyl halides is 5. The van der Waals surface area contributed by atoms with Gasteiger partial charge in [0.05, 0.1) is 13.1 Å². The van der Waals surface area contributed by atoms with Gasteiger partial charge < -0.3 is 9.64 Å². The number of nitrogens with zero attached hydrogens (tertiary/aromatic N) is 2. The molecule has 1 atom stereocenters. The standard InChI is InChI=1S/C12H11F5N2O2/c1-11(13,14)9-6-19(10(20)12(15,16)17)5-7-8(21-9)3-2-4-18-7/h2-4,9H,5-6H2,1H3/t9-/m0/s1. The van der Waals surface area contributed by atoms with E-state index in [2.05, 4.69) is 4.98 Å². The predicted octanol–water partition coefficient (Wildman–Crippen LogP) is 2.39. The number of carbonyl (C=O) groups excluding carboxylic acids is 1. The number of ether oxygens (including phenoxy) is 1. The number of fused-ring (bicyclic) bond motifs is 1. The molecule has 0 saturated carbocycles. The van der Waals surface area contributed by atoms with Crippen LogP contribution in [0.1, 0.15) is 12.6 Å². The molecule has 0 spiro atoms. The summed E-state index contributed by atoms with van der Waals surface area (Å²) in [6.45, 7) is -0.894. The Kier molecular flexibility index (Phi) is 3.77. The van der Waals surface area contributed by atoms with Gasteiger partial charge in [0.15, 0.2) is 6.10 Å². The molecule has 1 aliphatic rings. The highest BCUT2D eigenvalue weighted by molar-refractivity contribution is 5.82. The average Bonchev–Trinajstić information content (AvgIpc) is 2.55. The van der Waals surface area contributed by atoms with Crippen LogP contribution in [0.3, 0.4) is 0 Å². The summed E-state index contributed by atoms with van der Waals surface area (Å²) in [5.41, 5.74) is 0.00171. The van der Waals surface area contributed by atoms with Crippen molar-refractivity contribution in [2.75, 3.05) is 6.54 Å². The molecule has 0 bridgehead atoms. The summed E-state index contributed by atoms with van der Waals surface area (Å²) in [5.74, 6) is -5.66. The Hall–Kier alpha value is -1.93. The molecule has 2 heterocycles. The van der Waals surface area contributed by atoms with Gasteiger partial charge in [-0.05, 0) is 12.1 Å². The van der Waals surface area contributed by atoms with Crippen LogP contribution in [0.15, 0.2) is 18.3 Å². The number of hydrogen-bond acceptors (Lipinski definition) is 3. The molecule has 2 rings (SSSR count). The Morgan fingerprint density at radius 3 is 2.62 bits per heavy atom. The molecular weight excluding hydrogens is 299 g/mol. The van der Waals surface area contributed by atoms with Gasteiger partial charge in [-0.3, -0.25) is 9.78 Å². The number of pyridine rings is 1. The van der Waals surface area contributed by atoms with E-state index < -0.39 is 37.2 Å². The second kappa shape index (κ2) is 5.12. The third-order valence-corrected chi connectivity index (χ3v) is 2.94. The molecule has 1 aromatic heterocycles. The second-order valence-corrected chi connectivity index (χ2v) is 4.69. The first-order valence-electron chi connectivity index (χ1n) is 5.93. The molecule has 0 aliphatic carbocycles. The Balaban J connectivity index is 2.38. The van der Waals surface area contributed by atoms with E-state index in [4.69, 9.17) is 4.74 Å². The van der Waals surface area contributed by atoms with Crippen molar-refractivity contribution in [3.05, 3.63) is 24.0 Å². The fourth-order valence-corrected chi connectivity index (χ4v) is 1.88. The van der Waals surface area contributed by atoms with Gasteiger partial charge in [-0.2, -0.15) is 13.2 Å². The predicted molar refractivity (Wildman–Crippen MR) is 60.7 cm³/mol. The van der Waals surface area contributed by atoms with Gasteiger partial charge in [0, 0.05) is 13.1 Å². The van der Waals surface area contributed by atoms with Crippen molar-refractivity contribution >= 4 is 5.91 Å². The molecule has 0 radical (unpaired) electrons. The van der Waals surface area contributed by atoms with Crippen LogP contribution in [0.2, 0.25) is 0 Å². The number of rotatable bonds is 1. The lowest BCUT2D eigenvalue weighted by atomic mass is 10.2. The summed E-state index contributed by atoms with van der Waals surface area (Å²) in [6, 6.07) is 2.73. The van der Waals surface area contributed by atoms with E-state index in [1.54, 1.807) is 0 Å². The van der Waals surface area contributed by atoms with E-state index in [0.29, 0.717) is 6.92 Å². The number of amides is 1. The Morgan fingerprint density at radius 2 is 2.05 bits per heavy atom. The smallest absolute Gasteiger partial charge is 0.471 e. The van der Waals surface area contributed by atoms with Gasteiger partial charge >= 0.3 is 12.1 Å². The Morgan fingerprint density at radius 1 is 1.38 bits per heavy atom. The molecule has 21 heavy (non-hydrogen) atoms. The SMILES string of the molecule is CC(F)(F)[C@@H]1CN(C(=O)C(F)(F)F)Cc2ncccc2O1. The Labute approximate surface area is 116 Å². The zero-order valence-electron chi connectivity index (χ0n) is 10.8. The summed E-state index contributed by atoms with van der Waals surface area (Å²) in [4.78, 5) is 15.4. The molecule has 9 heteroatoms. The Bertz CT molecular complexity index is 541. The van der Waals surface area contributed by atoms with Crippen LogP contribution in [0.4, 0.5) is 22.0 Å². The van der Waals surface area contributed by atoms with Gasteiger partial charge in [-0.25, -0.2) is 8.78 Å². The van der Waals surface area contributed by atoms with Crippen molar-refractivity contribution in [1.29, 1.82) is 0 Å². The van der Waals surface area contributed by atoms with Crippen molar-refractivity contribution in [2.45, 2.75) is 31.7 Å². The van der Waals surface area contributed by atoms with Gasteiger partial charge in [0.2, 0.25) is 0 Å². The molecule has 1 aromatic rings. The maximum atomic E-state index is 13.5. The molecule has 0 N–H and O–H groups in total. The molecular formula is C12H11F5N2O2. The summed E-state index contributed by atoms with van der Waals surface area (Å²) in [7, 11) is 0. The molecule has 0 aromatic carbocycles. The number of hydrogen-bond donors (Lipinski definition) is 0. The number of carbonyl (C=O) groups is 1. The first-order valence-corrected chi connectivity index (χ1v) is 5.93. The largest absolute Gasteiger partial charge is 0.480 e. The van der Waals surface area contributed by atoms with E-state index in [1.165, 1.54) is 18.3 Å². The molecule has 1 amide bonds. The zero-order chi connectivity index (χ0) is 15.8. The van der Waals surface area contributed by atoms with Gasteiger partial charge in [-0.15, -0.1) is 0 Å². The number of aromatic nitrogens is 1. The van der Waals surface area contributed by atoms with Crippen LogP contribution in [0, 0.1) is 0 Å². The molecule has 116 valence electrons. The first-order chi connectivity index (χ1) is 9.59. The van der Waals surface area contributed by atoms with Crippen molar-refractivity contribution in [1.82, 2.24) is 9.88 Å². The average molecular weight is 310 g/mol. The molecule has 0 unspecified atom stereocenters. The monoisotopic (exact) mass is 310 g/mol. The van der Waals surface area contributed by atoms with Crippen LogP contribution >= 0.6 is 0 Å². The van der Waals surface area contributed by atoms with Gasteiger partial charge in [0.25, 0.3) is 5.92 Å². The van der Waals surface area contributed by atoms with E-state index in [0.717, 1.165) is 0 Å². The van der Waals surface area contributed by atoms with Crippen LogP contribution in [0.5, 0.6) is 5.75 Å². The zero-order valence-corrected chi connectivity index (χ0v) is 10.8. The van der Waals surface area contributed by atoms with Crippen LogP contribution in [-0.4, -0.2) is 40.5 Å². The molecule has 1 aliphatic heterocycles. The van der Waals surface area contributed by atoms with Crippen molar-refractivity contribution < 1.29 is 31.5 Å². The first kappa shape index (κ1) is 15.5. The highest BCUT2D eigenvalue weighted by atomic mass is 19.4. The lowest BCUT2D eigenvalue weighted by Crippen LogP contribution is -2.48. The summed E-state index contributed by atoms with van der Waals surface area (Å²) >= 11 is 0. The quantitative estimate of drug-likeness (QED) is 0.748. The van der Waals surface area contributed by atoms with Crippen molar-refractivity contribution in [3.63, 3.8) is 0 Å². The van der Waals surface area contributed by atoms with Crippen molar-refractivity contribution in [2.24, 2.45) is 0 Å². The lowest BCUT2D eigenvalue weighted by molar-refractivity contribution is -0.188. The van der Waals surface area contributed by atoms with Gasteiger partial charge in [0.1, 0.15) is 11.4 Å². The molecule has 0 fully saturated rings.